The van der Waals surface area contributed by atoms with Crippen molar-refractivity contribution >= 4 is 21.7 Å². The number of carbonyl (C=O) groups is 2. The summed E-state index contributed by atoms with van der Waals surface area (Å²) in [5.41, 5.74) is 0.747. The van der Waals surface area contributed by atoms with E-state index in [4.69, 9.17) is 6.42 Å². The van der Waals surface area contributed by atoms with Gasteiger partial charge in [0.25, 0.3) is 0 Å². The SMILES string of the molecule is C#CC[C@H](NC(=O)C(Cc1ccccc1)CS(=O)(=O)CCN(C)CF)C(=O)NC(CC1CCCCC1)C(O)C(O)CC(C)C. The molecular formula is C33H52FN3O6S. The Bertz CT molecular complexity index is 1150. The second kappa shape index (κ2) is 19.1. The van der Waals surface area contributed by atoms with Crippen molar-refractivity contribution in [3.63, 3.8) is 0 Å². The first kappa shape index (κ1) is 37.7. The Balaban J connectivity index is 2.24. The molecule has 1 saturated carbocycles. The molecule has 9 nitrogen and oxygen atoms in total. The average molecular weight is 638 g/mol. The first-order valence-electron chi connectivity index (χ1n) is 15.7. The van der Waals surface area contributed by atoms with Crippen molar-refractivity contribution in [3.8, 4) is 12.3 Å². The maximum absolute atomic E-state index is 13.6. The largest absolute Gasteiger partial charge is 0.390 e. The average Bonchev–Trinajstić information content (AvgIpc) is 2.99. The number of aliphatic hydroxyl groups is 2. The highest BCUT2D eigenvalue weighted by Crippen LogP contribution is 2.29. The highest BCUT2D eigenvalue weighted by Gasteiger charge is 2.34. The van der Waals surface area contributed by atoms with Gasteiger partial charge in [-0.15, -0.1) is 12.3 Å². The molecule has 0 saturated heterocycles. The molecule has 0 radical (unpaired) electrons. The highest BCUT2D eigenvalue weighted by atomic mass is 32.2. The molecule has 1 aromatic carbocycles. The van der Waals surface area contributed by atoms with Crippen LogP contribution in [0, 0.1) is 30.1 Å². The van der Waals surface area contributed by atoms with Crippen LogP contribution in [0.3, 0.4) is 0 Å². The van der Waals surface area contributed by atoms with Gasteiger partial charge in [0, 0.05) is 13.0 Å². The number of halogens is 1. The van der Waals surface area contributed by atoms with Gasteiger partial charge in [0.15, 0.2) is 9.84 Å². The lowest BCUT2D eigenvalue weighted by Gasteiger charge is -2.33. The summed E-state index contributed by atoms with van der Waals surface area (Å²) in [7, 11) is -2.29. The number of amides is 2. The second-order valence-electron chi connectivity index (χ2n) is 12.7. The van der Waals surface area contributed by atoms with Crippen LogP contribution < -0.4 is 10.6 Å². The normalized spacial score (nSPS) is 17.8. The van der Waals surface area contributed by atoms with Crippen molar-refractivity contribution in [2.24, 2.45) is 17.8 Å². The second-order valence-corrected chi connectivity index (χ2v) is 14.9. The molecule has 1 aliphatic carbocycles. The van der Waals surface area contributed by atoms with Crippen molar-refractivity contribution in [3.05, 3.63) is 35.9 Å². The molecule has 0 bridgehead atoms. The molecule has 44 heavy (non-hydrogen) atoms. The van der Waals surface area contributed by atoms with Crippen LogP contribution in [-0.4, -0.2) is 91.5 Å². The fourth-order valence-corrected chi connectivity index (χ4v) is 7.37. The monoisotopic (exact) mass is 637 g/mol. The van der Waals surface area contributed by atoms with E-state index >= 15 is 0 Å². The molecule has 2 amide bonds. The molecule has 4 unspecified atom stereocenters. The van der Waals surface area contributed by atoms with Crippen LogP contribution in [-0.2, 0) is 25.8 Å². The molecule has 0 spiro atoms. The minimum atomic E-state index is -3.76. The van der Waals surface area contributed by atoms with Gasteiger partial charge < -0.3 is 20.8 Å². The van der Waals surface area contributed by atoms with Gasteiger partial charge in [-0.05, 0) is 43.7 Å². The van der Waals surface area contributed by atoms with E-state index in [9.17, 15) is 32.6 Å². The van der Waals surface area contributed by atoms with E-state index in [1.807, 2.05) is 19.9 Å². The lowest BCUT2D eigenvalue weighted by atomic mass is 9.82. The summed E-state index contributed by atoms with van der Waals surface area (Å²) < 4.78 is 38.8. The van der Waals surface area contributed by atoms with Gasteiger partial charge in [0.1, 0.15) is 18.9 Å². The van der Waals surface area contributed by atoms with Crippen molar-refractivity contribution < 1.29 is 32.6 Å². The van der Waals surface area contributed by atoms with E-state index < -0.39 is 64.4 Å². The van der Waals surface area contributed by atoms with Crippen LogP contribution in [0.1, 0.15) is 70.8 Å². The third-order valence-corrected chi connectivity index (χ3v) is 9.97. The number of aliphatic hydroxyl groups excluding tert-OH is 2. The summed E-state index contributed by atoms with van der Waals surface area (Å²) in [6.45, 7) is 3.06. The lowest BCUT2D eigenvalue weighted by molar-refractivity contribution is -0.132. The molecule has 2 rings (SSSR count). The Morgan fingerprint density at radius 3 is 2.34 bits per heavy atom. The summed E-state index contributed by atoms with van der Waals surface area (Å²) in [5, 5.41) is 27.4. The molecule has 0 aromatic heterocycles. The third kappa shape index (κ3) is 13.6. The van der Waals surface area contributed by atoms with Gasteiger partial charge in [-0.25, -0.2) is 12.8 Å². The first-order valence-corrected chi connectivity index (χ1v) is 17.6. The standard InChI is InChI=1S/C33H52FN3O6S/c1-5-12-28(33(41)36-29(21-26-15-10-7-11-16-26)31(39)30(38)19-24(2)3)35-32(40)27(20-25-13-8-6-9-14-25)22-44(42,43)18-17-37(4)23-34/h1,6,8-9,13-14,24,26-31,38-39H,7,10-12,15-23H2,2-4H3,(H,35,40)(H,36,41)/t27?,28-,29?,30?,31?/m0/s1. The van der Waals surface area contributed by atoms with E-state index in [2.05, 4.69) is 16.6 Å². The number of carbonyl (C=O) groups excluding carboxylic acids is 2. The van der Waals surface area contributed by atoms with Crippen LogP contribution >= 0.6 is 0 Å². The minimum Gasteiger partial charge on any atom is -0.390 e. The highest BCUT2D eigenvalue weighted by molar-refractivity contribution is 7.91. The topological polar surface area (TPSA) is 136 Å². The molecular weight excluding hydrogens is 585 g/mol. The van der Waals surface area contributed by atoms with Gasteiger partial charge in [0.05, 0.1) is 29.6 Å². The van der Waals surface area contributed by atoms with Crippen LogP contribution in [0.5, 0.6) is 0 Å². The zero-order valence-corrected chi connectivity index (χ0v) is 27.3. The first-order chi connectivity index (χ1) is 20.8. The van der Waals surface area contributed by atoms with E-state index in [0.29, 0.717) is 12.8 Å². The summed E-state index contributed by atoms with van der Waals surface area (Å²) in [6, 6.07) is 7.04. The molecule has 1 aromatic rings. The molecule has 1 aliphatic rings. The number of hydrogen-bond acceptors (Lipinski definition) is 7. The lowest BCUT2D eigenvalue weighted by Crippen LogP contribution is -2.56. The number of hydrogen-bond donors (Lipinski definition) is 4. The Morgan fingerprint density at radius 2 is 1.75 bits per heavy atom. The molecule has 0 aliphatic heterocycles. The summed E-state index contributed by atoms with van der Waals surface area (Å²) in [5.74, 6) is -0.235. The smallest absolute Gasteiger partial charge is 0.243 e. The fraction of sp³-hybridized carbons (Fsp3) is 0.697. The van der Waals surface area contributed by atoms with E-state index in [-0.39, 0.29) is 37.0 Å². The molecule has 0 heterocycles. The zero-order valence-electron chi connectivity index (χ0n) is 26.5. The number of sulfone groups is 1. The van der Waals surface area contributed by atoms with Crippen molar-refractivity contribution in [1.29, 1.82) is 0 Å². The van der Waals surface area contributed by atoms with Gasteiger partial charge in [-0.1, -0.05) is 76.3 Å². The maximum atomic E-state index is 13.6. The molecule has 4 N–H and O–H groups in total. The van der Waals surface area contributed by atoms with Crippen LogP contribution in [0.25, 0.3) is 0 Å². The van der Waals surface area contributed by atoms with Crippen molar-refractivity contribution in [1.82, 2.24) is 15.5 Å². The quantitative estimate of drug-likeness (QED) is 0.135. The van der Waals surface area contributed by atoms with Gasteiger partial charge >= 0.3 is 0 Å². The van der Waals surface area contributed by atoms with E-state index in [0.717, 1.165) is 37.7 Å². The van der Waals surface area contributed by atoms with Crippen molar-refractivity contribution in [2.45, 2.75) is 95.9 Å². The van der Waals surface area contributed by atoms with Crippen LogP contribution in [0.4, 0.5) is 4.39 Å². The van der Waals surface area contributed by atoms with Crippen molar-refractivity contribution in [2.75, 3.05) is 31.9 Å². The minimum absolute atomic E-state index is 0.0198. The third-order valence-electron chi connectivity index (χ3n) is 8.25. The number of alkyl halides is 1. The molecule has 5 atom stereocenters. The molecule has 11 heteroatoms. The number of rotatable bonds is 19. The number of nitrogens with zero attached hydrogens (tertiary/aromatic N) is 1. The van der Waals surface area contributed by atoms with Gasteiger partial charge in [-0.3, -0.25) is 14.5 Å². The number of terminal acetylenes is 1. The summed E-state index contributed by atoms with van der Waals surface area (Å²) >= 11 is 0. The Labute approximate surface area is 263 Å². The number of benzene rings is 1. The maximum Gasteiger partial charge on any atom is 0.243 e. The predicted octanol–water partition coefficient (Wildman–Crippen LogP) is 2.85. The summed E-state index contributed by atoms with van der Waals surface area (Å²) in [6.07, 6.45) is 9.37. The Hall–Kier alpha value is -2.52. The van der Waals surface area contributed by atoms with Crippen LogP contribution in [0.2, 0.25) is 0 Å². The Morgan fingerprint density at radius 1 is 1.09 bits per heavy atom. The van der Waals surface area contributed by atoms with Gasteiger partial charge in [0.2, 0.25) is 11.8 Å². The Kier molecular flexibility index (Phi) is 16.3. The molecule has 1 fully saturated rings. The molecule has 248 valence electrons. The number of nitrogens with one attached hydrogen (secondary N) is 2. The predicted molar refractivity (Wildman–Crippen MR) is 171 cm³/mol. The fourth-order valence-electron chi connectivity index (χ4n) is 5.73. The zero-order chi connectivity index (χ0) is 32.7. The van der Waals surface area contributed by atoms with Crippen LogP contribution in [0.15, 0.2) is 30.3 Å². The summed E-state index contributed by atoms with van der Waals surface area (Å²) in [4.78, 5) is 28.4. The van der Waals surface area contributed by atoms with E-state index in [1.54, 1.807) is 24.3 Å². The van der Waals surface area contributed by atoms with E-state index in [1.165, 1.54) is 11.9 Å². The van der Waals surface area contributed by atoms with Gasteiger partial charge in [-0.2, -0.15) is 0 Å².